The van der Waals surface area contributed by atoms with Crippen LogP contribution >= 0.6 is 0 Å². The number of imidazole rings is 1. The highest BCUT2D eigenvalue weighted by Crippen LogP contribution is 2.35. The largest absolute Gasteiger partial charge is 0.342 e. The molecular formula is C22H31N5O. The van der Waals surface area contributed by atoms with E-state index in [1.807, 2.05) is 11.0 Å². The third kappa shape index (κ3) is 3.75. The second-order valence-electron chi connectivity index (χ2n) is 9.00. The smallest absolute Gasteiger partial charge is 0.317 e. The van der Waals surface area contributed by atoms with Crippen LogP contribution in [0.5, 0.6) is 0 Å². The Labute approximate surface area is 166 Å². The molecule has 4 fully saturated rings. The minimum atomic E-state index is 0.139. The SMILES string of the molecule is O=C(NCC1CCC(c2nc3ccccc3[nH]2)CC1)N1C[C@H]2CC[C@@H](C1)NC2. The molecule has 1 aliphatic carbocycles. The Balaban J connectivity index is 1.11. The third-order valence-corrected chi connectivity index (χ3v) is 7.01. The number of hydrogen-bond acceptors (Lipinski definition) is 3. The topological polar surface area (TPSA) is 73.0 Å². The van der Waals surface area contributed by atoms with Gasteiger partial charge in [-0.05, 0) is 69.0 Å². The van der Waals surface area contributed by atoms with Crippen LogP contribution in [0, 0.1) is 11.8 Å². The number of aromatic amines is 1. The summed E-state index contributed by atoms with van der Waals surface area (Å²) in [6, 6.07) is 8.89. The first-order valence-corrected chi connectivity index (χ1v) is 11.0. The standard InChI is InChI=1S/C22H31N5O/c28-22(27-13-16-7-10-18(14-27)23-12-16)24-11-15-5-8-17(9-6-15)21-25-19-3-1-2-4-20(19)26-21/h1-4,15-18,23H,5-14H2,(H,24,28)(H,25,26)/t15?,16-,17?,18-/m0/s1. The maximum absolute atomic E-state index is 12.7. The lowest BCUT2D eigenvalue weighted by Crippen LogP contribution is -2.45. The molecule has 3 aliphatic heterocycles. The Morgan fingerprint density at radius 3 is 2.75 bits per heavy atom. The molecule has 0 unspecified atom stereocenters. The Kier molecular flexibility index (Phi) is 4.97. The van der Waals surface area contributed by atoms with Crippen molar-refractivity contribution in [2.45, 2.75) is 50.5 Å². The molecule has 2 atom stereocenters. The minimum Gasteiger partial charge on any atom is -0.342 e. The maximum atomic E-state index is 12.7. The first-order chi connectivity index (χ1) is 13.7. The minimum absolute atomic E-state index is 0.139. The highest BCUT2D eigenvalue weighted by atomic mass is 16.2. The summed E-state index contributed by atoms with van der Waals surface area (Å²) in [7, 11) is 0. The van der Waals surface area contributed by atoms with Crippen LogP contribution in [0.1, 0.15) is 50.3 Å². The maximum Gasteiger partial charge on any atom is 0.317 e. The highest BCUT2D eigenvalue weighted by molar-refractivity contribution is 5.75. The zero-order valence-electron chi connectivity index (χ0n) is 16.5. The second-order valence-corrected chi connectivity index (χ2v) is 9.00. The number of aromatic nitrogens is 2. The molecule has 28 heavy (non-hydrogen) atoms. The van der Waals surface area contributed by atoms with E-state index in [0.29, 0.717) is 23.8 Å². The molecule has 150 valence electrons. The Hall–Kier alpha value is -2.08. The third-order valence-electron chi connectivity index (χ3n) is 7.01. The fraction of sp³-hybridized carbons (Fsp3) is 0.636. The van der Waals surface area contributed by atoms with Crippen LogP contribution in [0.25, 0.3) is 11.0 Å². The molecule has 6 heteroatoms. The summed E-state index contributed by atoms with van der Waals surface area (Å²) in [6.45, 7) is 3.65. The number of rotatable bonds is 3. The number of piperidine rings is 1. The molecule has 3 N–H and O–H groups in total. The van der Waals surface area contributed by atoms with Gasteiger partial charge in [0.1, 0.15) is 5.82 Å². The quantitative estimate of drug-likeness (QED) is 0.764. The normalized spacial score (nSPS) is 30.4. The van der Waals surface area contributed by atoms with Crippen molar-refractivity contribution in [3.63, 3.8) is 0 Å². The zero-order chi connectivity index (χ0) is 18.9. The summed E-state index contributed by atoms with van der Waals surface area (Å²) in [5, 5.41) is 6.80. The van der Waals surface area contributed by atoms with E-state index in [1.54, 1.807) is 0 Å². The number of amides is 2. The summed E-state index contributed by atoms with van der Waals surface area (Å²) in [6.07, 6.45) is 7.09. The molecule has 4 aliphatic rings. The van der Waals surface area contributed by atoms with Crippen molar-refractivity contribution in [1.82, 2.24) is 25.5 Å². The lowest BCUT2D eigenvalue weighted by atomic mass is 9.81. The van der Waals surface area contributed by atoms with Crippen LogP contribution in [0.4, 0.5) is 4.79 Å². The van der Waals surface area contributed by atoms with Gasteiger partial charge >= 0.3 is 6.03 Å². The van der Waals surface area contributed by atoms with Crippen molar-refractivity contribution in [3.05, 3.63) is 30.1 Å². The summed E-state index contributed by atoms with van der Waals surface area (Å²) >= 11 is 0. The van der Waals surface area contributed by atoms with Crippen LogP contribution in [0.3, 0.4) is 0 Å². The molecule has 1 aromatic carbocycles. The van der Waals surface area contributed by atoms with Crippen LogP contribution in [-0.4, -0.2) is 53.1 Å². The molecule has 1 saturated carbocycles. The average molecular weight is 382 g/mol. The van der Waals surface area contributed by atoms with Crippen LogP contribution < -0.4 is 10.6 Å². The van der Waals surface area contributed by atoms with Gasteiger partial charge in [-0.25, -0.2) is 9.78 Å². The van der Waals surface area contributed by atoms with Crippen LogP contribution in [0.15, 0.2) is 24.3 Å². The fourth-order valence-corrected chi connectivity index (χ4v) is 5.25. The Morgan fingerprint density at radius 1 is 1.11 bits per heavy atom. The zero-order valence-corrected chi connectivity index (χ0v) is 16.5. The summed E-state index contributed by atoms with van der Waals surface area (Å²) in [5.74, 6) is 2.87. The second kappa shape index (κ2) is 7.74. The summed E-state index contributed by atoms with van der Waals surface area (Å²) < 4.78 is 0. The van der Waals surface area contributed by atoms with Crippen molar-refractivity contribution in [3.8, 4) is 0 Å². The van der Waals surface area contributed by atoms with Gasteiger partial charge in [0.25, 0.3) is 0 Å². The van der Waals surface area contributed by atoms with E-state index in [9.17, 15) is 4.79 Å². The molecule has 6 rings (SSSR count). The number of H-pyrrole nitrogens is 1. The molecular weight excluding hydrogens is 350 g/mol. The van der Waals surface area contributed by atoms with Gasteiger partial charge in [0.2, 0.25) is 0 Å². The number of hydrogen-bond donors (Lipinski definition) is 3. The van der Waals surface area contributed by atoms with Gasteiger partial charge in [0.15, 0.2) is 0 Å². The molecule has 3 saturated heterocycles. The molecule has 6 nitrogen and oxygen atoms in total. The van der Waals surface area contributed by atoms with Crippen LogP contribution in [0.2, 0.25) is 0 Å². The van der Waals surface area contributed by atoms with E-state index in [1.165, 1.54) is 12.8 Å². The number of para-hydroxylation sites is 2. The van der Waals surface area contributed by atoms with Crippen LogP contribution in [-0.2, 0) is 0 Å². The van der Waals surface area contributed by atoms with E-state index in [-0.39, 0.29) is 6.03 Å². The predicted octanol–water partition coefficient (Wildman–Crippen LogP) is 3.23. The predicted molar refractivity (Wildman–Crippen MR) is 110 cm³/mol. The number of nitrogens with zero attached hydrogens (tertiary/aromatic N) is 2. The van der Waals surface area contributed by atoms with E-state index in [0.717, 1.165) is 68.7 Å². The van der Waals surface area contributed by atoms with Crippen molar-refractivity contribution in [2.24, 2.45) is 11.8 Å². The number of nitrogens with one attached hydrogen (secondary N) is 3. The van der Waals surface area contributed by atoms with Gasteiger partial charge in [0.05, 0.1) is 11.0 Å². The summed E-state index contributed by atoms with van der Waals surface area (Å²) in [5.41, 5.74) is 2.19. The summed E-state index contributed by atoms with van der Waals surface area (Å²) in [4.78, 5) is 23.0. The molecule has 2 bridgehead atoms. The number of carbonyl (C=O) groups is 1. The number of benzene rings is 1. The van der Waals surface area contributed by atoms with Gasteiger partial charge in [0, 0.05) is 31.6 Å². The van der Waals surface area contributed by atoms with E-state index in [4.69, 9.17) is 4.98 Å². The number of carbonyl (C=O) groups excluding carboxylic acids is 1. The Bertz CT molecular complexity index is 770. The molecule has 0 spiro atoms. The number of urea groups is 1. The average Bonchev–Trinajstić information content (AvgIpc) is 2.93. The molecule has 4 heterocycles. The number of fused-ring (bicyclic) bond motifs is 5. The highest BCUT2D eigenvalue weighted by Gasteiger charge is 2.31. The van der Waals surface area contributed by atoms with Crippen molar-refractivity contribution in [2.75, 3.05) is 26.2 Å². The Morgan fingerprint density at radius 2 is 1.96 bits per heavy atom. The van der Waals surface area contributed by atoms with Gasteiger partial charge < -0.3 is 20.5 Å². The molecule has 1 aromatic heterocycles. The van der Waals surface area contributed by atoms with Gasteiger partial charge in [-0.2, -0.15) is 0 Å². The first kappa shape index (κ1) is 18.0. The van der Waals surface area contributed by atoms with E-state index in [2.05, 4.69) is 33.8 Å². The van der Waals surface area contributed by atoms with Gasteiger partial charge in [-0.3, -0.25) is 0 Å². The lowest BCUT2D eigenvalue weighted by Gasteiger charge is -2.29. The fourth-order valence-electron chi connectivity index (χ4n) is 5.25. The van der Waals surface area contributed by atoms with E-state index >= 15 is 0 Å². The van der Waals surface area contributed by atoms with Crippen molar-refractivity contribution in [1.29, 1.82) is 0 Å². The van der Waals surface area contributed by atoms with Crippen molar-refractivity contribution >= 4 is 17.1 Å². The van der Waals surface area contributed by atoms with Crippen molar-refractivity contribution < 1.29 is 4.79 Å². The lowest BCUT2D eigenvalue weighted by molar-refractivity contribution is 0.191. The molecule has 0 radical (unpaired) electrons. The van der Waals surface area contributed by atoms with Gasteiger partial charge in [-0.1, -0.05) is 12.1 Å². The van der Waals surface area contributed by atoms with Gasteiger partial charge in [-0.15, -0.1) is 0 Å². The monoisotopic (exact) mass is 381 g/mol. The first-order valence-electron chi connectivity index (χ1n) is 11.0. The molecule has 2 aromatic rings. The van der Waals surface area contributed by atoms with E-state index < -0.39 is 0 Å². The molecule has 2 amide bonds.